The van der Waals surface area contributed by atoms with Gasteiger partial charge in [-0.05, 0) is 51.8 Å². The number of fused-ring (bicyclic) bond motifs is 1. The number of nitrogens with zero attached hydrogens (tertiary/aromatic N) is 4. The molecular weight excluding hydrogens is 236 g/mol. The van der Waals surface area contributed by atoms with Crippen molar-refractivity contribution in [3.63, 3.8) is 0 Å². The first-order valence-corrected chi connectivity index (χ1v) is 7.24. The highest BCUT2D eigenvalue weighted by Crippen LogP contribution is 2.31. The van der Waals surface area contributed by atoms with Crippen LogP contribution in [0.5, 0.6) is 0 Å². The van der Waals surface area contributed by atoms with E-state index in [1.165, 1.54) is 31.4 Å². The number of rotatable bonds is 2. The number of likely N-dealkylation sites (tertiary alicyclic amines) is 1. The van der Waals surface area contributed by atoms with Crippen LogP contribution in [0.15, 0.2) is 18.3 Å². The van der Waals surface area contributed by atoms with Crippen LogP contribution in [0.3, 0.4) is 0 Å². The summed E-state index contributed by atoms with van der Waals surface area (Å²) in [5.41, 5.74) is 2.20. The van der Waals surface area contributed by atoms with Crippen LogP contribution in [0.1, 0.15) is 50.5 Å². The number of hydrogen-bond acceptors (Lipinski definition) is 3. The van der Waals surface area contributed by atoms with Gasteiger partial charge in [-0.3, -0.25) is 9.30 Å². The average Bonchev–Trinajstić information content (AvgIpc) is 2.81. The molecule has 0 radical (unpaired) electrons. The predicted molar refractivity (Wildman–Crippen MR) is 76.2 cm³/mol. The quantitative estimate of drug-likeness (QED) is 0.830. The minimum absolute atomic E-state index is 0.408. The molecule has 0 aromatic carbocycles. The summed E-state index contributed by atoms with van der Waals surface area (Å²) in [6.45, 7) is 7.83. The van der Waals surface area contributed by atoms with Gasteiger partial charge >= 0.3 is 0 Å². The van der Waals surface area contributed by atoms with Crippen molar-refractivity contribution in [2.24, 2.45) is 0 Å². The minimum Gasteiger partial charge on any atom is -0.291 e. The Bertz CT molecular complexity index is 573. The van der Waals surface area contributed by atoms with Gasteiger partial charge in [0.05, 0.1) is 6.04 Å². The van der Waals surface area contributed by atoms with Gasteiger partial charge in [0.2, 0.25) is 0 Å². The third-order valence-corrected chi connectivity index (χ3v) is 4.08. The maximum absolute atomic E-state index is 4.46. The predicted octanol–water partition coefficient (Wildman–Crippen LogP) is 2.97. The lowest BCUT2D eigenvalue weighted by Crippen LogP contribution is -2.39. The van der Waals surface area contributed by atoms with Crippen molar-refractivity contribution in [1.29, 1.82) is 0 Å². The molecule has 3 rings (SSSR count). The summed E-state index contributed by atoms with van der Waals surface area (Å²) in [7, 11) is 0. The van der Waals surface area contributed by atoms with Gasteiger partial charge < -0.3 is 0 Å². The standard InChI is InChI=1S/C15H22N4/c1-11(2)18-9-5-4-6-13(18)15-17-16-14-8-7-12(3)10-19(14)15/h7-8,10-11,13H,4-6,9H2,1-3H3. The lowest BCUT2D eigenvalue weighted by molar-refractivity contribution is 0.105. The molecule has 1 fully saturated rings. The van der Waals surface area contributed by atoms with E-state index in [2.05, 4.69) is 52.5 Å². The van der Waals surface area contributed by atoms with E-state index in [4.69, 9.17) is 0 Å². The normalized spacial score (nSPS) is 21.4. The fourth-order valence-electron chi connectivity index (χ4n) is 3.09. The van der Waals surface area contributed by atoms with Crippen molar-refractivity contribution in [2.75, 3.05) is 6.54 Å². The Kier molecular flexibility index (Phi) is 3.27. The van der Waals surface area contributed by atoms with Crippen molar-refractivity contribution in [3.8, 4) is 0 Å². The summed E-state index contributed by atoms with van der Waals surface area (Å²) >= 11 is 0. The van der Waals surface area contributed by atoms with Crippen LogP contribution < -0.4 is 0 Å². The number of pyridine rings is 1. The van der Waals surface area contributed by atoms with E-state index in [1.807, 2.05) is 6.07 Å². The van der Waals surface area contributed by atoms with E-state index in [0.29, 0.717) is 12.1 Å². The second-order valence-corrected chi connectivity index (χ2v) is 5.84. The Hall–Kier alpha value is -1.42. The van der Waals surface area contributed by atoms with Gasteiger partial charge in [0.25, 0.3) is 0 Å². The molecule has 0 saturated carbocycles. The fraction of sp³-hybridized carbons (Fsp3) is 0.600. The van der Waals surface area contributed by atoms with Crippen LogP contribution in [0, 0.1) is 6.92 Å². The molecule has 1 aliphatic heterocycles. The Labute approximate surface area is 114 Å². The number of hydrogen-bond donors (Lipinski definition) is 0. The van der Waals surface area contributed by atoms with Gasteiger partial charge in [0, 0.05) is 12.2 Å². The van der Waals surface area contributed by atoms with Gasteiger partial charge in [0.15, 0.2) is 11.5 Å². The van der Waals surface area contributed by atoms with Gasteiger partial charge in [0.1, 0.15) is 0 Å². The summed E-state index contributed by atoms with van der Waals surface area (Å²) < 4.78 is 2.17. The SMILES string of the molecule is Cc1ccc2nnc(C3CCCCN3C(C)C)n2c1. The average molecular weight is 258 g/mol. The van der Waals surface area contributed by atoms with Crippen LogP contribution in [0.25, 0.3) is 5.65 Å². The molecule has 0 aliphatic carbocycles. The Balaban J connectivity index is 2.04. The van der Waals surface area contributed by atoms with E-state index >= 15 is 0 Å². The highest BCUT2D eigenvalue weighted by molar-refractivity contribution is 5.39. The molecule has 1 saturated heterocycles. The zero-order valence-corrected chi connectivity index (χ0v) is 12.0. The van der Waals surface area contributed by atoms with Crippen molar-refractivity contribution < 1.29 is 0 Å². The van der Waals surface area contributed by atoms with Gasteiger partial charge in [-0.2, -0.15) is 0 Å². The molecule has 4 heteroatoms. The van der Waals surface area contributed by atoms with Gasteiger partial charge in [-0.1, -0.05) is 12.5 Å². The number of aromatic nitrogens is 3. The third kappa shape index (κ3) is 2.25. The summed E-state index contributed by atoms with van der Waals surface area (Å²) in [5.74, 6) is 1.10. The van der Waals surface area contributed by atoms with Crippen molar-refractivity contribution in [3.05, 3.63) is 29.7 Å². The molecule has 1 unspecified atom stereocenters. The minimum atomic E-state index is 0.408. The van der Waals surface area contributed by atoms with Crippen molar-refractivity contribution >= 4 is 5.65 Å². The highest BCUT2D eigenvalue weighted by Gasteiger charge is 2.29. The molecule has 4 nitrogen and oxygen atoms in total. The Morgan fingerprint density at radius 1 is 1.21 bits per heavy atom. The van der Waals surface area contributed by atoms with E-state index in [9.17, 15) is 0 Å². The Morgan fingerprint density at radius 2 is 2.05 bits per heavy atom. The Morgan fingerprint density at radius 3 is 2.84 bits per heavy atom. The maximum Gasteiger partial charge on any atom is 0.160 e. The van der Waals surface area contributed by atoms with E-state index in [1.54, 1.807) is 0 Å². The second-order valence-electron chi connectivity index (χ2n) is 5.84. The molecule has 2 aromatic rings. The topological polar surface area (TPSA) is 33.4 Å². The first-order chi connectivity index (χ1) is 9.16. The van der Waals surface area contributed by atoms with E-state index < -0.39 is 0 Å². The summed E-state index contributed by atoms with van der Waals surface area (Å²) in [5, 5.41) is 8.78. The molecule has 0 amide bonds. The largest absolute Gasteiger partial charge is 0.291 e. The van der Waals surface area contributed by atoms with Crippen LogP contribution in [-0.4, -0.2) is 32.1 Å². The first-order valence-electron chi connectivity index (χ1n) is 7.24. The highest BCUT2D eigenvalue weighted by atomic mass is 15.3. The van der Waals surface area contributed by atoms with Crippen molar-refractivity contribution in [2.45, 2.75) is 52.1 Å². The molecule has 1 atom stereocenters. The second kappa shape index (κ2) is 4.93. The zero-order valence-electron chi connectivity index (χ0n) is 12.0. The smallest absolute Gasteiger partial charge is 0.160 e. The molecule has 1 aliphatic rings. The molecule has 2 aromatic heterocycles. The van der Waals surface area contributed by atoms with E-state index in [-0.39, 0.29) is 0 Å². The monoisotopic (exact) mass is 258 g/mol. The third-order valence-electron chi connectivity index (χ3n) is 4.08. The molecule has 102 valence electrons. The molecule has 19 heavy (non-hydrogen) atoms. The van der Waals surface area contributed by atoms with Crippen LogP contribution >= 0.6 is 0 Å². The van der Waals surface area contributed by atoms with Crippen LogP contribution in [-0.2, 0) is 0 Å². The van der Waals surface area contributed by atoms with Gasteiger partial charge in [-0.25, -0.2) is 0 Å². The van der Waals surface area contributed by atoms with Gasteiger partial charge in [-0.15, -0.1) is 10.2 Å². The number of piperidine rings is 1. The zero-order chi connectivity index (χ0) is 13.4. The molecular formula is C15H22N4. The summed E-state index contributed by atoms with van der Waals surface area (Å²) in [4.78, 5) is 2.56. The van der Waals surface area contributed by atoms with Crippen molar-refractivity contribution in [1.82, 2.24) is 19.5 Å². The molecule has 3 heterocycles. The van der Waals surface area contributed by atoms with Crippen LogP contribution in [0.2, 0.25) is 0 Å². The van der Waals surface area contributed by atoms with E-state index in [0.717, 1.165) is 11.5 Å². The summed E-state index contributed by atoms with van der Waals surface area (Å²) in [6, 6.07) is 5.11. The van der Waals surface area contributed by atoms with Crippen LogP contribution in [0.4, 0.5) is 0 Å². The lowest BCUT2D eigenvalue weighted by Gasteiger charge is -2.37. The molecule has 0 spiro atoms. The maximum atomic E-state index is 4.46. The number of aryl methyl sites for hydroxylation is 1. The lowest BCUT2D eigenvalue weighted by atomic mass is 10.00. The molecule has 0 N–H and O–H groups in total. The summed E-state index contributed by atoms with van der Waals surface area (Å²) in [6.07, 6.45) is 5.92. The molecule has 0 bridgehead atoms. The fourth-order valence-corrected chi connectivity index (χ4v) is 3.09. The first kappa shape index (κ1) is 12.6.